The van der Waals surface area contributed by atoms with Gasteiger partial charge in [-0.3, -0.25) is 4.79 Å². The highest BCUT2D eigenvalue weighted by Crippen LogP contribution is 2.25. The van der Waals surface area contributed by atoms with Gasteiger partial charge in [0.05, 0.1) is 18.1 Å². The molecule has 140 valence electrons. The molecular weight excluding hydrogens is 366 g/mol. The predicted octanol–water partition coefficient (Wildman–Crippen LogP) is 4.36. The van der Waals surface area contributed by atoms with E-state index in [0.717, 1.165) is 5.82 Å². The summed E-state index contributed by atoms with van der Waals surface area (Å²) in [6.45, 7) is 11.0. The van der Waals surface area contributed by atoms with Crippen molar-refractivity contribution in [1.82, 2.24) is 14.8 Å². The highest BCUT2D eigenvalue weighted by molar-refractivity contribution is 7.99. The molecule has 0 saturated carbocycles. The Hall–Kier alpha value is -1.73. The fourth-order valence-corrected chi connectivity index (χ4v) is 3.65. The number of aryl methyl sites for hydroxylation is 1. The number of carbonyl (C=O) groups excluding carboxylic acids is 1. The van der Waals surface area contributed by atoms with Crippen LogP contribution in [-0.2, 0) is 21.8 Å². The van der Waals surface area contributed by atoms with Crippen LogP contribution in [0.3, 0.4) is 0 Å². The Balaban J connectivity index is 1.96. The smallest absolute Gasteiger partial charge is 0.316 e. The van der Waals surface area contributed by atoms with Crippen LogP contribution in [0.2, 0.25) is 0 Å². The van der Waals surface area contributed by atoms with E-state index in [4.69, 9.17) is 4.74 Å². The van der Waals surface area contributed by atoms with Gasteiger partial charge in [0.15, 0.2) is 5.16 Å². The van der Waals surface area contributed by atoms with Crippen molar-refractivity contribution in [2.45, 2.75) is 43.1 Å². The number of carbonyl (C=O) groups is 1. The van der Waals surface area contributed by atoms with Gasteiger partial charge in [-0.15, -0.1) is 28.5 Å². The van der Waals surface area contributed by atoms with Crippen LogP contribution in [0, 0.1) is 12.8 Å². The van der Waals surface area contributed by atoms with E-state index in [1.54, 1.807) is 11.8 Å². The number of esters is 1. The minimum Gasteiger partial charge on any atom is -0.465 e. The average molecular weight is 392 g/mol. The molecule has 1 heterocycles. The minimum absolute atomic E-state index is 0.229. The quantitative estimate of drug-likeness (QED) is 0.341. The Morgan fingerprint density at radius 3 is 2.65 bits per heavy atom. The van der Waals surface area contributed by atoms with Gasteiger partial charge in [0.1, 0.15) is 5.82 Å². The molecule has 0 radical (unpaired) electrons. The molecule has 2 rings (SSSR count). The Kier molecular flexibility index (Phi) is 8.25. The maximum Gasteiger partial charge on any atom is 0.316 e. The molecule has 0 bridgehead atoms. The van der Waals surface area contributed by atoms with Gasteiger partial charge in [-0.05, 0) is 25.0 Å². The first-order chi connectivity index (χ1) is 12.5. The standard InChI is InChI=1S/C19H25N3O2S2/c1-5-10-22-17(12-25-16-8-6-15(4)7-9-16)20-21-19(22)26-13-18(23)24-11-14(2)3/h5-9,14H,1,10-13H2,2-4H3. The molecule has 0 aliphatic carbocycles. The van der Waals surface area contributed by atoms with Gasteiger partial charge in [-0.1, -0.05) is 49.4 Å². The lowest BCUT2D eigenvalue weighted by molar-refractivity contribution is -0.141. The number of ether oxygens (including phenoxy) is 1. The first kappa shape index (κ1) is 20.6. The topological polar surface area (TPSA) is 57.0 Å². The molecule has 0 aliphatic heterocycles. The number of allylic oxidation sites excluding steroid dienone is 1. The summed E-state index contributed by atoms with van der Waals surface area (Å²) in [4.78, 5) is 13.0. The molecule has 0 aliphatic rings. The second-order valence-electron chi connectivity index (χ2n) is 6.27. The van der Waals surface area contributed by atoms with E-state index in [1.807, 2.05) is 24.5 Å². The summed E-state index contributed by atoms with van der Waals surface area (Å²) in [5, 5.41) is 9.24. The molecule has 0 fully saturated rings. The number of benzene rings is 1. The van der Waals surface area contributed by atoms with E-state index in [9.17, 15) is 4.79 Å². The van der Waals surface area contributed by atoms with Crippen LogP contribution in [0.1, 0.15) is 25.2 Å². The molecule has 2 aromatic rings. The van der Waals surface area contributed by atoms with Gasteiger partial charge < -0.3 is 9.30 Å². The Morgan fingerprint density at radius 2 is 2.00 bits per heavy atom. The fourth-order valence-electron chi connectivity index (χ4n) is 2.05. The van der Waals surface area contributed by atoms with Crippen molar-refractivity contribution < 1.29 is 9.53 Å². The molecule has 7 heteroatoms. The van der Waals surface area contributed by atoms with Gasteiger partial charge in [0.2, 0.25) is 0 Å². The zero-order valence-corrected chi connectivity index (χ0v) is 17.1. The summed E-state index contributed by atoms with van der Waals surface area (Å²) in [6.07, 6.45) is 1.81. The van der Waals surface area contributed by atoms with E-state index in [-0.39, 0.29) is 11.7 Å². The molecular formula is C19H25N3O2S2. The number of aromatic nitrogens is 3. The third kappa shape index (κ3) is 6.53. The summed E-state index contributed by atoms with van der Waals surface area (Å²) in [5.41, 5.74) is 1.24. The molecule has 0 spiro atoms. The van der Waals surface area contributed by atoms with E-state index >= 15 is 0 Å². The van der Waals surface area contributed by atoms with Gasteiger partial charge in [-0.2, -0.15) is 0 Å². The van der Waals surface area contributed by atoms with Crippen molar-refractivity contribution in [1.29, 1.82) is 0 Å². The van der Waals surface area contributed by atoms with Crippen LogP contribution in [-0.4, -0.2) is 33.1 Å². The van der Waals surface area contributed by atoms with Crippen molar-refractivity contribution in [3.8, 4) is 0 Å². The third-order valence-corrected chi connectivity index (χ3v) is 5.34. The van der Waals surface area contributed by atoms with Crippen molar-refractivity contribution >= 4 is 29.5 Å². The minimum atomic E-state index is -0.229. The number of hydrogen-bond acceptors (Lipinski definition) is 6. The zero-order valence-electron chi connectivity index (χ0n) is 15.5. The Morgan fingerprint density at radius 1 is 1.27 bits per heavy atom. The summed E-state index contributed by atoms with van der Waals surface area (Å²) in [5.74, 6) is 1.91. The number of thioether (sulfide) groups is 2. The van der Waals surface area contributed by atoms with Gasteiger partial charge >= 0.3 is 5.97 Å². The number of rotatable bonds is 10. The Bertz CT molecular complexity index is 727. The van der Waals surface area contributed by atoms with Crippen molar-refractivity contribution in [3.63, 3.8) is 0 Å². The molecule has 1 aromatic heterocycles. The first-order valence-corrected chi connectivity index (χ1v) is 10.5. The summed E-state index contributed by atoms with van der Waals surface area (Å²) >= 11 is 3.06. The summed E-state index contributed by atoms with van der Waals surface area (Å²) in [6, 6.07) is 8.41. The van der Waals surface area contributed by atoms with Crippen molar-refractivity contribution in [2.75, 3.05) is 12.4 Å². The lowest BCUT2D eigenvalue weighted by Gasteiger charge is -2.09. The average Bonchev–Trinajstić information content (AvgIpc) is 3.00. The van der Waals surface area contributed by atoms with E-state index in [1.165, 1.54) is 22.2 Å². The lowest BCUT2D eigenvalue weighted by Crippen LogP contribution is -2.12. The van der Waals surface area contributed by atoms with Gasteiger partial charge in [-0.25, -0.2) is 0 Å². The molecule has 1 aromatic carbocycles. The van der Waals surface area contributed by atoms with Crippen molar-refractivity contribution in [3.05, 3.63) is 48.3 Å². The van der Waals surface area contributed by atoms with Crippen LogP contribution >= 0.6 is 23.5 Å². The van der Waals surface area contributed by atoms with Crippen molar-refractivity contribution in [2.24, 2.45) is 5.92 Å². The largest absolute Gasteiger partial charge is 0.465 e. The van der Waals surface area contributed by atoms with Crippen LogP contribution in [0.4, 0.5) is 0 Å². The molecule has 0 atom stereocenters. The number of hydrogen-bond donors (Lipinski definition) is 0. The van der Waals surface area contributed by atoms with E-state index in [2.05, 4.69) is 48.0 Å². The SMILES string of the molecule is C=CCn1c(CSc2ccc(C)cc2)nnc1SCC(=O)OCC(C)C. The normalized spacial score (nSPS) is 10.9. The molecule has 0 unspecified atom stereocenters. The lowest BCUT2D eigenvalue weighted by atomic mass is 10.2. The second kappa shape index (κ2) is 10.4. The highest BCUT2D eigenvalue weighted by atomic mass is 32.2. The van der Waals surface area contributed by atoms with Gasteiger partial charge in [0, 0.05) is 11.4 Å². The molecule has 0 saturated heterocycles. The molecule has 26 heavy (non-hydrogen) atoms. The first-order valence-electron chi connectivity index (χ1n) is 8.50. The van der Waals surface area contributed by atoms with Gasteiger partial charge in [0.25, 0.3) is 0 Å². The molecule has 0 amide bonds. The summed E-state index contributed by atoms with van der Waals surface area (Å²) < 4.78 is 7.20. The second-order valence-corrected chi connectivity index (χ2v) is 8.26. The molecule has 5 nitrogen and oxygen atoms in total. The maximum absolute atomic E-state index is 11.8. The zero-order chi connectivity index (χ0) is 18.9. The monoisotopic (exact) mass is 391 g/mol. The molecule has 0 N–H and O–H groups in total. The fraction of sp³-hybridized carbons (Fsp3) is 0.421. The van der Waals surface area contributed by atoms with Crippen LogP contribution in [0.25, 0.3) is 0 Å². The number of nitrogens with zero attached hydrogens (tertiary/aromatic N) is 3. The Labute approximate surface area is 163 Å². The van der Waals surface area contributed by atoms with Crippen LogP contribution < -0.4 is 0 Å². The maximum atomic E-state index is 11.8. The summed E-state index contributed by atoms with van der Waals surface area (Å²) in [7, 11) is 0. The van der Waals surface area contributed by atoms with E-state index in [0.29, 0.717) is 30.0 Å². The van der Waals surface area contributed by atoms with E-state index < -0.39 is 0 Å². The third-order valence-electron chi connectivity index (χ3n) is 3.39. The highest BCUT2D eigenvalue weighted by Gasteiger charge is 2.14. The van der Waals surface area contributed by atoms with Crippen LogP contribution in [0.5, 0.6) is 0 Å². The predicted molar refractivity (Wildman–Crippen MR) is 107 cm³/mol. The van der Waals surface area contributed by atoms with Crippen LogP contribution in [0.15, 0.2) is 47.0 Å².